The third-order valence-electron chi connectivity index (χ3n) is 6.00. The second-order valence-corrected chi connectivity index (χ2v) is 7.64. The van der Waals surface area contributed by atoms with Gasteiger partial charge < -0.3 is 0 Å². The minimum Gasteiger partial charge on any atom is -0.299 e. The third kappa shape index (κ3) is 3.13. The van der Waals surface area contributed by atoms with Crippen LogP contribution in [-0.2, 0) is 11.8 Å². The Kier molecular flexibility index (Phi) is 4.72. The first kappa shape index (κ1) is 17.8. The van der Waals surface area contributed by atoms with Gasteiger partial charge in [-0.25, -0.2) is 23.9 Å². The maximum Gasteiger partial charge on any atom is 0.347 e. The molecule has 1 heterocycles. The highest BCUT2D eigenvalue weighted by Gasteiger charge is 2.33. The minimum atomic E-state index is -0.428. The van der Waals surface area contributed by atoms with Crippen LogP contribution in [0, 0.1) is 5.92 Å². The van der Waals surface area contributed by atoms with Gasteiger partial charge in [0.15, 0.2) is 0 Å². The van der Waals surface area contributed by atoms with Gasteiger partial charge in [-0.05, 0) is 24.0 Å². The number of aromatic nitrogens is 3. The van der Waals surface area contributed by atoms with E-state index in [4.69, 9.17) is 0 Å². The van der Waals surface area contributed by atoms with E-state index in [1.807, 2.05) is 24.3 Å². The maximum atomic E-state index is 12.8. The van der Waals surface area contributed by atoms with Crippen molar-refractivity contribution < 1.29 is 4.79 Å². The molecule has 6 heteroatoms. The number of benzene rings is 1. The molecule has 1 saturated carbocycles. The summed E-state index contributed by atoms with van der Waals surface area (Å²) in [5.41, 5.74) is 1.26. The zero-order valence-corrected chi connectivity index (χ0v) is 15.6. The quantitative estimate of drug-likeness (QED) is 0.829. The zero-order chi connectivity index (χ0) is 19.0. The molecule has 0 spiro atoms. The van der Waals surface area contributed by atoms with Gasteiger partial charge in [0.05, 0.1) is 6.04 Å². The highest BCUT2D eigenvalue weighted by molar-refractivity contribution is 5.82. The molecule has 0 radical (unpaired) electrons. The molecule has 1 N–H and O–H groups in total. The van der Waals surface area contributed by atoms with E-state index < -0.39 is 5.69 Å². The number of hydrogen-bond donors (Lipinski definition) is 1. The molecule has 142 valence electrons. The van der Waals surface area contributed by atoms with Crippen LogP contribution in [0.1, 0.15) is 61.6 Å². The van der Waals surface area contributed by atoms with Crippen molar-refractivity contribution in [3.63, 3.8) is 0 Å². The van der Waals surface area contributed by atoms with E-state index >= 15 is 0 Å². The molecule has 1 aromatic heterocycles. The summed E-state index contributed by atoms with van der Waals surface area (Å²) in [6, 6.07) is 7.60. The number of nitrogens with one attached hydrogen (secondary N) is 1. The lowest BCUT2D eigenvalue weighted by atomic mass is 9.73. The monoisotopic (exact) mass is 367 g/mol. The van der Waals surface area contributed by atoms with Crippen LogP contribution in [0.25, 0.3) is 0 Å². The van der Waals surface area contributed by atoms with Gasteiger partial charge in [-0.3, -0.25) is 4.79 Å². The second-order valence-electron chi connectivity index (χ2n) is 7.64. The van der Waals surface area contributed by atoms with Crippen molar-refractivity contribution in [3.05, 3.63) is 68.5 Å². The van der Waals surface area contributed by atoms with Crippen LogP contribution in [0.3, 0.4) is 0 Å². The molecule has 3 atom stereocenters. The summed E-state index contributed by atoms with van der Waals surface area (Å²) in [5.74, 6) is 0.382. The first-order valence-corrected chi connectivity index (χ1v) is 9.75. The molecule has 2 aromatic rings. The molecule has 2 aliphatic carbocycles. The Morgan fingerprint density at radius 1 is 0.963 bits per heavy atom. The van der Waals surface area contributed by atoms with E-state index in [0.29, 0.717) is 12.2 Å². The van der Waals surface area contributed by atoms with Gasteiger partial charge in [-0.15, -0.1) is 0 Å². The standard InChI is InChI=1S/C21H25N3O3/c1-23-20(26)22-24(21(23)27)18-13-12-15(14-8-6-7-9-16(14)18)17-10-4-2-3-5-11-19(17)25/h6-9,12-13,15,17-18H,2-5,10-11H2,1H3,(H,22,26)/t15-,17-,18+/m1/s1. The van der Waals surface area contributed by atoms with Crippen molar-refractivity contribution in [2.45, 2.75) is 50.5 Å². The summed E-state index contributed by atoms with van der Waals surface area (Å²) in [4.78, 5) is 37.1. The first-order chi connectivity index (χ1) is 13.1. The molecule has 0 saturated heterocycles. The van der Waals surface area contributed by atoms with E-state index in [2.05, 4.69) is 17.2 Å². The number of nitrogens with zero attached hydrogens (tertiary/aromatic N) is 2. The fourth-order valence-corrected chi connectivity index (χ4v) is 4.50. The molecule has 2 aliphatic rings. The number of allylic oxidation sites excluding steroid dienone is 2. The molecular weight excluding hydrogens is 342 g/mol. The number of fused-ring (bicyclic) bond motifs is 1. The lowest BCUT2D eigenvalue weighted by molar-refractivity contribution is -0.123. The summed E-state index contributed by atoms with van der Waals surface area (Å²) < 4.78 is 2.44. The van der Waals surface area contributed by atoms with Crippen molar-refractivity contribution in [3.8, 4) is 0 Å². The van der Waals surface area contributed by atoms with Gasteiger partial charge in [-0.2, -0.15) is 0 Å². The molecule has 6 nitrogen and oxygen atoms in total. The highest BCUT2D eigenvalue weighted by Crippen LogP contribution is 2.41. The number of aromatic amines is 1. The number of carbonyl (C=O) groups is 1. The van der Waals surface area contributed by atoms with Gasteiger partial charge in [0.25, 0.3) is 0 Å². The zero-order valence-electron chi connectivity index (χ0n) is 15.6. The van der Waals surface area contributed by atoms with Crippen LogP contribution in [0.15, 0.2) is 46.0 Å². The van der Waals surface area contributed by atoms with Crippen molar-refractivity contribution >= 4 is 5.78 Å². The SMILES string of the molecule is Cn1c(=O)[nH]n([C@H]2C=C[C@@H]([C@H]3CCCCCCC3=O)c3ccccc32)c1=O. The van der Waals surface area contributed by atoms with Gasteiger partial charge in [0.1, 0.15) is 5.78 Å². The van der Waals surface area contributed by atoms with Crippen LogP contribution < -0.4 is 11.4 Å². The molecule has 27 heavy (non-hydrogen) atoms. The van der Waals surface area contributed by atoms with Crippen LogP contribution in [0.5, 0.6) is 0 Å². The fourth-order valence-electron chi connectivity index (χ4n) is 4.50. The molecular formula is C21H25N3O3. The average Bonchev–Trinajstić information content (AvgIpc) is 2.92. The highest BCUT2D eigenvalue weighted by atomic mass is 16.2. The summed E-state index contributed by atoms with van der Waals surface area (Å²) in [5, 5.41) is 2.64. The van der Waals surface area contributed by atoms with Crippen LogP contribution in [0.2, 0.25) is 0 Å². The number of carbonyl (C=O) groups excluding carboxylic acids is 1. The Balaban J connectivity index is 1.76. The lowest BCUT2D eigenvalue weighted by Crippen LogP contribution is -2.31. The largest absolute Gasteiger partial charge is 0.347 e. The topological polar surface area (TPSA) is 76.9 Å². The smallest absolute Gasteiger partial charge is 0.299 e. The van der Waals surface area contributed by atoms with Crippen LogP contribution >= 0.6 is 0 Å². The average molecular weight is 367 g/mol. The summed E-state index contributed by atoms with van der Waals surface area (Å²) in [7, 11) is 1.46. The fraction of sp³-hybridized carbons (Fsp3) is 0.476. The predicted octanol–water partition coefficient (Wildman–Crippen LogP) is 2.66. The van der Waals surface area contributed by atoms with Gasteiger partial charge in [0, 0.05) is 25.3 Å². The number of rotatable bonds is 2. The summed E-state index contributed by atoms with van der Waals surface area (Å²) in [6.45, 7) is 0. The predicted molar refractivity (Wildman–Crippen MR) is 103 cm³/mol. The Morgan fingerprint density at radius 3 is 2.44 bits per heavy atom. The van der Waals surface area contributed by atoms with Crippen molar-refractivity contribution in [2.75, 3.05) is 0 Å². The number of Topliss-reactive ketones (excluding diaryl/α,β-unsaturated/α-hetero) is 1. The molecule has 0 aliphatic heterocycles. The molecule has 0 unspecified atom stereocenters. The number of ketones is 1. The Bertz CT molecular complexity index is 995. The van der Waals surface area contributed by atoms with E-state index in [0.717, 1.165) is 41.4 Å². The lowest BCUT2D eigenvalue weighted by Gasteiger charge is -2.32. The Hall–Kier alpha value is -2.63. The third-order valence-corrected chi connectivity index (χ3v) is 6.00. The summed E-state index contributed by atoms with van der Waals surface area (Å²) >= 11 is 0. The molecule has 0 amide bonds. The molecule has 0 bridgehead atoms. The molecule has 4 rings (SSSR count). The molecule has 1 fully saturated rings. The van der Waals surface area contributed by atoms with Crippen LogP contribution in [0.4, 0.5) is 0 Å². The van der Waals surface area contributed by atoms with E-state index in [1.54, 1.807) is 0 Å². The van der Waals surface area contributed by atoms with E-state index in [-0.39, 0.29) is 23.6 Å². The van der Waals surface area contributed by atoms with Crippen molar-refractivity contribution in [2.24, 2.45) is 13.0 Å². The normalized spacial score (nSPS) is 25.7. The molecule has 1 aromatic carbocycles. The van der Waals surface area contributed by atoms with E-state index in [9.17, 15) is 14.4 Å². The maximum absolute atomic E-state index is 12.8. The second kappa shape index (κ2) is 7.18. The number of hydrogen-bond acceptors (Lipinski definition) is 3. The van der Waals surface area contributed by atoms with Crippen molar-refractivity contribution in [1.29, 1.82) is 0 Å². The van der Waals surface area contributed by atoms with Gasteiger partial charge in [0.2, 0.25) is 0 Å². The Morgan fingerprint density at radius 2 is 1.70 bits per heavy atom. The first-order valence-electron chi connectivity index (χ1n) is 9.75. The van der Waals surface area contributed by atoms with E-state index in [1.165, 1.54) is 18.2 Å². The number of H-pyrrole nitrogens is 1. The summed E-state index contributed by atoms with van der Waals surface area (Å²) in [6.07, 6.45) is 9.98. The van der Waals surface area contributed by atoms with Crippen LogP contribution in [-0.4, -0.2) is 20.1 Å². The van der Waals surface area contributed by atoms with Gasteiger partial charge in [-0.1, -0.05) is 55.7 Å². The Labute approximate surface area is 157 Å². The van der Waals surface area contributed by atoms with Crippen molar-refractivity contribution in [1.82, 2.24) is 14.3 Å². The minimum absolute atomic E-state index is 0.00445. The van der Waals surface area contributed by atoms with Gasteiger partial charge >= 0.3 is 11.4 Å².